The van der Waals surface area contributed by atoms with Crippen molar-refractivity contribution in [3.05, 3.63) is 57.9 Å². The Labute approximate surface area is 143 Å². The first-order valence-electron chi connectivity index (χ1n) is 7.85. The Bertz CT molecular complexity index is 945. The normalized spacial score (nSPS) is 10.6. The number of hydrogen-bond donors (Lipinski definition) is 3. The van der Waals surface area contributed by atoms with E-state index in [1.54, 1.807) is 37.5 Å². The second-order valence-corrected chi connectivity index (χ2v) is 5.70. The first kappa shape index (κ1) is 16.6. The fraction of sp³-hybridized carbons (Fsp3) is 0.235. The molecule has 0 aliphatic carbocycles. The molecule has 0 unspecified atom stereocenters. The second-order valence-electron chi connectivity index (χ2n) is 5.70. The van der Waals surface area contributed by atoms with Crippen LogP contribution in [-0.4, -0.2) is 31.1 Å². The molecule has 0 radical (unpaired) electrons. The van der Waals surface area contributed by atoms with Gasteiger partial charge in [0, 0.05) is 47.4 Å². The van der Waals surface area contributed by atoms with Crippen LogP contribution in [0.2, 0.25) is 0 Å². The Balaban J connectivity index is 1.70. The molecule has 128 valence electrons. The van der Waals surface area contributed by atoms with Gasteiger partial charge in [0.05, 0.1) is 0 Å². The number of amides is 1. The predicted molar refractivity (Wildman–Crippen MR) is 93.1 cm³/mol. The number of anilines is 1. The number of carbonyl (C=O) groups excluding carboxylic acids is 1. The van der Waals surface area contributed by atoms with E-state index in [9.17, 15) is 9.59 Å². The van der Waals surface area contributed by atoms with Gasteiger partial charge in [-0.25, -0.2) is 4.98 Å². The van der Waals surface area contributed by atoms with Crippen molar-refractivity contribution in [2.75, 3.05) is 5.32 Å². The zero-order chi connectivity index (χ0) is 17.8. The largest absolute Gasteiger partial charge is 0.309 e. The van der Waals surface area contributed by atoms with Gasteiger partial charge in [-0.2, -0.15) is 5.10 Å². The maximum Gasteiger partial charge on any atom is 0.254 e. The molecule has 3 rings (SSSR count). The van der Waals surface area contributed by atoms with Crippen molar-refractivity contribution in [2.45, 2.75) is 26.7 Å². The minimum atomic E-state index is -0.234. The smallest absolute Gasteiger partial charge is 0.254 e. The second kappa shape index (κ2) is 7.08. The van der Waals surface area contributed by atoms with E-state index in [0.717, 1.165) is 11.3 Å². The van der Waals surface area contributed by atoms with Crippen LogP contribution in [0.1, 0.15) is 23.4 Å². The Hall–Kier alpha value is -3.29. The summed E-state index contributed by atoms with van der Waals surface area (Å²) in [5.41, 5.74) is 2.53. The topological polar surface area (TPSA) is 116 Å². The maximum absolute atomic E-state index is 12.3. The zero-order valence-corrected chi connectivity index (χ0v) is 14.0. The van der Waals surface area contributed by atoms with Crippen LogP contribution in [0, 0.1) is 13.8 Å². The minimum absolute atomic E-state index is 0.173. The van der Waals surface area contributed by atoms with E-state index in [1.165, 1.54) is 0 Å². The zero-order valence-electron chi connectivity index (χ0n) is 14.0. The van der Waals surface area contributed by atoms with Gasteiger partial charge in [0.25, 0.3) is 5.56 Å². The summed E-state index contributed by atoms with van der Waals surface area (Å²) in [5, 5.41) is 9.39. The molecule has 0 bridgehead atoms. The summed E-state index contributed by atoms with van der Waals surface area (Å²) in [5.74, 6) is 0.757. The standard InChI is InChI=1S/C17H18N6O2/c1-10-9-14(23-22-10)20-15(24)4-3-13-11(2)19-16(21-17(13)25)12-5-7-18-8-6-12/h5-9H,3-4H2,1-2H3,(H,19,21,25)(H2,20,22,23,24). The van der Waals surface area contributed by atoms with Crippen LogP contribution >= 0.6 is 0 Å². The molecule has 8 nitrogen and oxygen atoms in total. The highest BCUT2D eigenvalue weighted by Crippen LogP contribution is 2.14. The van der Waals surface area contributed by atoms with E-state index in [2.05, 4.69) is 30.5 Å². The Kier molecular flexibility index (Phi) is 4.69. The highest BCUT2D eigenvalue weighted by molar-refractivity contribution is 5.89. The number of H-pyrrole nitrogens is 2. The molecule has 3 aromatic rings. The fourth-order valence-electron chi connectivity index (χ4n) is 2.48. The SMILES string of the molecule is Cc1cc(NC(=O)CCc2c(C)nc(-c3ccncc3)[nH]c2=O)n[nH]1. The molecule has 0 spiro atoms. The highest BCUT2D eigenvalue weighted by atomic mass is 16.1. The summed E-state index contributed by atoms with van der Waals surface area (Å²) in [7, 11) is 0. The molecule has 0 saturated heterocycles. The van der Waals surface area contributed by atoms with Crippen molar-refractivity contribution in [1.29, 1.82) is 0 Å². The van der Waals surface area contributed by atoms with Crippen molar-refractivity contribution in [3.63, 3.8) is 0 Å². The first-order chi connectivity index (χ1) is 12.0. The molecule has 8 heteroatoms. The lowest BCUT2D eigenvalue weighted by atomic mass is 10.1. The summed E-state index contributed by atoms with van der Waals surface area (Å²) < 4.78 is 0. The van der Waals surface area contributed by atoms with Gasteiger partial charge in [-0.15, -0.1) is 0 Å². The number of aromatic nitrogens is 5. The monoisotopic (exact) mass is 338 g/mol. The summed E-state index contributed by atoms with van der Waals surface area (Å²) >= 11 is 0. The summed E-state index contributed by atoms with van der Waals surface area (Å²) in [6, 6.07) is 5.29. The van der Waals surface area contributed by atoms with Gasteiger partial charge in [-0.1, -0.05) is 0 Å². The number of hydrogen-bond acceptors (Lipinski definition) is 5. The number of pyridine rings is 1. The lowest BCUT2D eigenvalue weighted by molar-refractivity contribution is -0.116. The number of aryl methyl sites for hydroxylation is 2. The van der Waals surface area contributed by atoms with Crippen molar-refractivity contribution >= 4 is 11.7 Å². The van der Waals surface area contributed by atoms with E-state index in [-0.39, 0.29) is 17.9 Å². The van der Waals surface area contributed by atoms with Crippen molar-refractivity contribution in [1.82, 2.24) is 25.1 Å². The van der Waals surface area contributed by atoms with Gasteiger partial charge in [0.15, 0.2) is 5.82 Å². The first-order valence-corrected chi connectivity index (χ1v) is 7.85. The molecule has 3 N–H and O–H groups in total. The third-order valence-electron chi connectivity index (χ3n) is 3.75. The summed E-state index contributed by atoms with van der Waals surface area (Å²) in [6.07, 6.45) is 3.76. The molecule has 0 atom stereocenters. The van der Waals surface area contributed by atoms with E-state index in [1.807, 2.05) is 6.92 Å². The predicted octanol–water partition coefficient (Wildman–Crippen LogP) is 1.74. The van der Waals surface area contributed by atoms with Crippen LogP contribution < -0.4 is 10.9 Å². The number of nitrogens with zero attached hydrogens (tertiary/aromatic N) is 3. The van der Waals surface area contributed by atoms with Crippen LogP contribution in [0.15, 0.2) is 35.4 Å². The van der Waals surface area contributed by atoms with Crippen LogP contribution in [0.4, 0.5) is 5.82 Å². The van der Waals surface area contributed by atoms with Crippen molar-refractivity contribution in [2.24, 2.45) is 0 Å². The van der Waals surface area contributed by atoms with Gasteiger partial charge >= 0.3 is 0 Å². The molecular formula is C17H18N6O2. The van der Waals surface area contributed by atoms with Gasteiger partial charge in [-0.05, 0) is 32.4 Å². The van der Waals surface area contributed by atoms with Gasteiger partial charge in [-0.3, -0.25) is 19.7 Å². The van der Waals surface area contributed by atoms with E-state index in [4.69, 9.17) is 0 Å². The molecule has 3 aromatic heterocycles. The van der Waals surface area contributed by atoms with Crippen LogP contribution in [0.25, 0.3) is 11.4 Å². The van der Waals surface area contributed by atoms with Gasteiger partial charge in [0.2, 0.25) is 5.91 Å². The lowest BCUT2D eigenvalue weighted by Gasteiger charge is -2.07. The molecule has 25 heavy (non-hydrogen) atoms. The van der Waals surface area contributed by atoms with E-state index in [0.29, 0.717) is 29.3 Å². The van der Waals surface area contributed by atoms with Crippen LogP contribution in [0.3, 0.4) is 0 Å². The Morgan fingerprint density at radius 2 is 2.00 bits per heavy atom. The molecule has 1 amide bonds. The summed E-state index contributed by atoms with van der Waals surface area (Å²) in [6.45, 7) is 3.62. The van der Waals surface area contributed by atoms with Gasteiger partial charge < -0.3 is 10.3 Å². The molecule has 0 saturated carbocycles. The summed E-state index contributed by atoms with van der Waals surface area (Å²) in [4.78, 5) is 35.5. The van der Waals surface area contributed by atoms with E-state index < -0.39 is 0 Å². The molecular weight excluding hydrogens is 320 g/mol. The lowest BCUT2D eigenvalue weighted by Crippen LogP contribution is -2.20. The molecule has 0 aliphatic heterocycles. The third-order valence-corrected chi connectivity index (χ3v) is 3.75. The van der Waals surface area contributed by atoms with Crippen LogP contribution in [0.5, 0.6) is 0 Å². The highest BCUT2D eigenvalue weighted by Gasteiger charge is 2.12. The van der Waals surface area contributed by atoms with Crippen LogP contribution in [-0.2, 0) is 11.2 Å². The number of nitrogens with one attached hydrogen (secondary N) is 3. The average Bonchev–Trinajstić information content (AvgIpc) is 2.99. The molecule has 3 heterocycles. The number of rotatable bonds is 5. The Morgan fingerprint density at radius 1 is 1.24 bits per heavy atom. The minimum Gasteiger partial charge on any atom is -0.309 e. The van der Waals surface area contributed by atoms with Crippen molar-refractivity contribution < 1.29 is 4.79 Å². The van der Waals surface area contributed by atoms with Crippen molar-refractivity contribution in [3.8, 4) is 11.4 Å². The number of carbonyl (C=O) groups is 1. The maximum atomic E-state index is 12.3. The molecule has 0 aliphatic rings. The molecule has 0 aromatic carbocycles. The van der Waals surface area contributed by atoms with E-state index >= 15 is 0 Å². The van der Waals surface area contributed by atoms with Gasteiger partial charge in [0.1, 0.15) is 5.82 Å². The average molecular weight is 338 g/mol. The quantitative estimate of drug-likeness (QED) is 0.655. The number of aromatic amines is 2. The Morgan fingerprint density at radius 3 is 2.64 bits per heavy atom. The molecule has 0 fully saturated rings. The third kappa shape index (κ3) is 3.97. The fourth-order valence-corrected chi connectivity index (χ4v) is 2.48.